The van der Waals surface area contributed by atoms with Gasteiger partial charge in [0, 0.05) is 32.1 Å². The van der Waals surface area contributed by atoms with Crippen LogP contribution < -0.4 is 5.32 Å². The summed E-state index contributed by atoms with van der Waals surface area (Å²) in [5.41, 5.74) is -0.858. The lowest BCUT2D eigenvalue weighted by molar-refractivity contribution is -0.147. The first-order valence-electron chi connectivity index (χ1n) is 7.47. The number of likely N-dealkylation sites (tertiary alicyclic amines) is 2. The minimum atomic E-state index is -0.867. The highest BCUT2D eigenvalue weighted by Gasteiger charge is 2.44. The summed E-state index contributed by atoms with van der Waals surface area (Å²) >= 11 is 0. The molecular weight excluding hydrogens is 274 g/mol. The number of hydrogen-bond donors (Lipinski definition) is 2. The van der Waals surface area contributed by atoms with E-state index < -0.39 is 11.4 Å². The molecule has 0 aromatic rings. The SMILES string of the molecule is CC1(C(=O)O)CCN(C(=O)NC2CC(=O)N(C3CC3)C2)C1. The molecule has 2 atom stereocenters. The molecular formula is C14H21N3O4. The summed E-state index contributed by atoms with van der Waals surface area (Å²) in [5, 5.41) is 12.1. The Hall–Kier alpha value is -1.79. The van der Waals surface area contributed by atoms with Gasteiger partial charge in [-0.1, -0.05) is 0 Å². The Morgan fingerprint density at radius 3 is 2.67 bits per heavy atom. The van der Waals surface area contributed by atoms with E-state index in [9.17, 15) is 19.5 Å². The van der Waals surface area contributed by atoms with Gasteiger partial charge in [0.15, 0.2) is 0 Å². The third kappa shape index (κ3) is 2.69. The van der Waals surface area contributed by atoms with Gasteiger partial charge in [-0.2, -0.15) is 0 Å². The molecule has 2 N–H and O–H groups in total. The zero-order chi connectivity index (χ0) is 15.2. The first kappa shape index (κ1) is 14.2. The van der Waals surface area contributed by atoms with E-state index in [0.29, 0.717) is 32.0 Å². The number of rotatable bonds is 3. The zero-order valence-corrected chi connectivity index (χ0v) is 12.2. The summed E-state index contributed by atoms with van der Waals surface area (Å²) in [6, 6.07) is -0.0285. The quantitative estimate of drug-likeness (QED) is 0.781. The molecule has 2 unspecified atom stereocenters. The average Bonchev–Trinajstić information content (AvgIpc) is 3.07. The van der Waals surface area contributed by atoms with Crippen LogP contribution in [0.5, 0.6) is 0 Å². The number of carbonyl (C=O) groups is 3. The van der Waals surface area contributed by atoms with Crippen molar-refractivity contribution in [1.82, 2.24) is 15.1 Å². The van der Waals surface area contributed by atoms with E-state index >= 15 is 0 Å². The van der Waals surface area contributed by atoms with E-state index in [1.165, 1.54) is 0 Å². The van der Waals surface area contributed by atoms with Crippen molar-refractivity contribution in [3.05, 3.63) is 0 Å². The molecule has 1 aliphatic carbocycles. The summed E-state index contributed by atoms with van der Waals surface area (Å²) in [6.07, 6.45) is 2.95. The van der Waals surface area contributed by atoms with Gasteiger partial charge in [-0.15, -0.1) is 0 Å². The second-order valence-corrected chi connectivity index (χ2v) is 6.67. The molecule has 0 bridgehead atoms. The number of carbonyl (C=O) groups excluding carboxylic acids is 2. The highest BCUT2D eigenvalue weighted by molar-refractivity contribution is 5.83. The van der Waals surface area contributed by atoms with Crippen molar-refractivity contribution in [2.75, 3.05) is 19.6 Å². The smallest absolute Gasteiger partial charge is 0.317 e. The Kier molecular flexibility index (Phi) is 3.30. The van der Waals surface area contributed by atoms with Crippen molar-refractivity contribution >= 4 is 17.9 Å². The number of amides is 3. The summed E-state index contributed by atoms with van der Waals surface area (Å²) in [4.78, 5) is 38.6. The number of nitrogens with zero attached hydrogens (tertiary/aromatic N) is 2. The standard InChI is InChI=1S/C14H21N3O4/c1-14(12(19)20)4-5-16(8-14)13(21)15-9-6-11(18)17(7-9)10-2-3-10/h9-10H,2-8H2,1H3,(H,15,21)(H,19,20). The van der Waals surface area contributed by atoms with Crippen LogP contribution in [-0.2, 0) is 9.59 Å². The minimum absolute atomic E-state index is 0.111. The fraction of sp³-hybridized carbons (Fsp3) is 0.786. The van der Waals surface area contributed by atoms with Gasteiger partial charge in [0.1, 0.15) is 0 Å². The molecule has 7 heteroatoms. The summed E-state index contributed by atoms with van der Waals surface area (Å²) in [5.74, 6) is -0.756. The molecule has 0 aromatic heterocycles. The van der Waals surface area contributed by atoms with E-state index in [1.807, 2.05) is 4.90 Å². The topological polar surface area (TPSA) is 90.0 Å². The van der Waals surface area contributed by atoms with E-state index in [4.69, 9.17) is 0 Å². The van der Waals surface area contributed by atoms with Crippen molar-refractivity contribution in [1.29, 1.82) is 0 Å². The fourth-order valence-electron chi connectivity index (χ4n) is 3.14. The van der Waals surface area contributed by atoms with E-state index in [0.717, 1.165) is 12.8 Å². The van der Waals surface area contributed by atoms with Gasteiger partial charge < -0.3 is 20.2 Å². The first-order valence-corrected chi connectivity index (χ1v) is 7.47. The van der Waals surface area contributed by atoms with Crippen LogP contribution in [0, 0.1) is 5.41 Å². The van der Waals surface area contributed by atoms with Crippen LogP contribution in [0.15, 0.2) is 0 Å². The van der Waals surface area contributed by atoms with E-state index in [1.54, 1.807) is 11.8 Å². The Morgan fingerprint density at radius 2 is 2.10 bits per heavy atom. The van der Waals surface area contributed by atoms with Crippen LogP contribution in [0.1, 0.15) is 32.6 Å². The molecule has 2 aliphatic heterocycles. The van der Waals surface area contributed by atoms with Crippen LogP contribution in [0.2, 0.25) is 0 Å². The number of aliphatic carboxylic acids is 1. The number of nitrogens with one attached hydrogen (secondary N) is 1. The lowest BCUT2D eigenvalue weighted by Crippen LogP contribution is -2.46. The van der Waals surface area contributed by atoms with Crippen molar-refractivity contribution in [3.63, 3.8) is 0 Å². The first-order chi connectivity index (χ1) is 9.89. The van der Waals surface area contributed by atoms with Gasteiger partial charge >= 0.3 is 12.0 Å². The molecule has 116 valence electrons. The number of urea groups is 1. The van der Waals surface area contributed by atoms with Gasteiger partial charge in [-0.05, 0) is 26.2 Å². The Bertz CT molecular complexity index is 491. The van der Waals surface area contributed by atoms with Crippen molar-refractivity contribution in [3.8, 4) is 0 Å². The van der Waals surface area contributed by atoms with Gasteiger partial charge in [0.2, 0.25) is 5.91 Å². The van der Waals surface area contributed by atoms with Gasteiger partial charge in [-0.25, -0.2) is 4.79 Å². The zero-order valence-electron chi connectivity index (χ0n) is 12.2. The third-order valence-electron chi connectivity index (χ3n) is 4.75. The van der Waals surface area contributed by atoms with E-state index in [2.05, 4.69) is 5.32 Å². The van der Waals surface area contributed by atoms with Crippen LogP contribution in [0.25, 0.3) is 0 Å². The monoisotopic (exact) mass is 295 g/mol. The summed E-state index contributed by atoms with van der Waals surface area (Å²) in [7, 11) is 0. The Balaban J connectivity index is 1.53. The highest BCUT2D eigenvalue weighted by Crippen LogP contribution is 2.32. The maximum Gasteiger partial charge on any atom is 0.317 e. The molecule has 7 nitrogen and oxygen atoms in total. The lowest BCUT2D eigenvalue weighted by atomic mass is 9.90. The highest BCUT2D eigenvalue weighted by atomic mass is 16.4. The molecule has 0 spiro atoms. The van der Waals surface area contributed by atoms with Crippen LogP contribution >= 0.6 is 0 Å². The molecule has 0 radical (unpaired) electrons. The van der Waals surface area contributed by atoms with Crippen LogP contribution in [0.3, 0.4) is 0 Å². The maximum atomic E-state index is 12.2. The number of hydrogen-bond acceptors (Lipinski definition) is 3. The normalized spacial score (nSPS) is 32.6. The second kappa shape index (κ2) is 4.89. The Labute approximate surface area is 123 Å². The van der Waals surface area contributed by atoms with Crippen LogP contribution in [-0.4, -0.2) is 64.5 Å². The maximum absolute atomic E-state index is 12.2. The number of carboxylic acid groups (broad SMARTS) is 1. The molecule has 0 aromatic carbocycles. The number of carboxylic acids is 1. The summed E-state index contributed by atoms with van der Waals surface area (Å²) < 4.78 is 0. The fourth-order valence-corrected chi connectivity index (χ4v) is 3.14. The lowest BCUT2D eigenvalue weighted by Gasteiger charge is -2.22. The molecule has 3 aliphatic rings. The Morgan fingerprint density at radius 1 is 1.38 bits per heavy atom. The summed E-state index contributed by atoms with van der Waals surface area (Å²) in [6.45, 7) is 2.92. The van der Waals surface area contributed by atoms with Gasteiger partial charge in [-0.3, -0.25) is 9.59 Å². The van der Waals surface area contributed by atoms with Gasteiger partial charge in [0.05, 0.1) is 11.5 Å². The minimum Gasteiger partial charge on any atom is -0.481 e. The van der Waals surface area contributed by atoms with Crippen LogP contribution in [0.4, 0.5) is 4.79 Å². The molecule has 3 amide bonds. The van der Waals surface area contributed by atoms with Crippen molar-refractivity contribution < 1.29 is 19.5 Å². The molecule has 21 heavy (non-hydrogen) atoms. The van der Waals surface area contributed by atoms with Gasteiger partial charge in [0.25, 0.3) is 0 Å². The second-order valence-electron chi connectivity index (χ2n) is 6.67. The predicted octanol–water partition coefficient (Wildman–Crippen LogP) is 0.256. The largest absolute Gasteiger partial charge is 0.481 e. The average molecular weight is 295 g/mol. The predicted molar refractivity (Wildman–Crippen MR) is 73.6 cm³/mol. The molecule has 3 fully saturated rings. The molecule has 2 heterocycles. The van der Waals surface area contributed by atoms with Crippen molar-refractivity contribution in [2.45, 2.75) is 44.7 Å². The van der Waals surface area contributed by atoms with Crippen molar-refractivity contribution in [2.24, 2.45) is 5.41 Å². The molecule has 2 saturated heterocycles. The molecule has 1 saturated carbocycles. The molecule has 3 rings (SSSR count). The van der Waals surface area contributed by atoms with E-state index in [-0.39, 0.29) is 24.5 Å². The third-order valence-corrected chi connectivity index (χ3v) is 4.75.